The number of phenolic OH excluding ortho intramolecular Hbond substituents is 1. The van der Waals surface area contributed by atoms with E-state index in [0.717, 1.165) is 5.39 Å². The smallest absolute Gasteiger partial charge is 0.272 e. The summed E-state index contributed by atoms with van der Waals surface area (Å²) in [6.45, 7) is 1.52. The Morgan fingerprint density at radius 3 is 2.68 bits per heavy atom. The molecule has 1 aromatic heterocycles. The molecule has 0 aliphatic heterocycles. The number of aromatic amines is 1. The van der Waals surface area contributed by atoms with Crippen LogP contribution in [-0.2, 0) is 9.84 Å². The number of aromatic nitrogens is 1. The van der Waals surface area contributed by atoms with E-state index in [1.807, 2.05) is 0 Å². The molecule has 0 bridgehead atoms. The molecular formula is C17H15ClN2O4S. The highest BCUT2D eigenvalue weighted by Gasteiger charge is 2.17. The maximum atomic E-state index is 12.4. The number of aromatic hydroxyl groups is 1. The molecule has 3 rings (SSSR count). The fourth-order valence-corrected chi connectivity index (χ4v) is 3.54. The van der Waals surface area contributed by atoms with Crippen molar-refractivity contribution in [3.05, 3.63) is 53.2 Å². The summed E-state index contributed by atoms with van der Waals surface area (Å²) in [5.74, 6) is -0.822. The highest BCUT2D eigenvalue weighted by molar-refractivity contribution is 7.91. The highest BCUT2D eigenvalue weighted by atomic mass is 35.5. The number of hydrogen-bond donors (Lipinski definition) is 3. The van der Waals surface area contributed by atoms with E-state index in [0.29, 0.717) is 10.5 Å². The second kappa shape index (κ2) is 6.42. The molecule has 0 atom stereocenters. The van der Waals surface area contributed by atoms with Gasteiger partial charge in [-0.3, -0.25) is 4.79 Å². The number of phenols is 1. The van der Waals surface area contributed by atoms with E-state index >= 15 is 0 Å². The van der Waals surface area contributed by atoms with Crippen LogP contribution in [0.5, 0.6) is 5.75 Å². The van der Waals surface area contributed by atoms with Crippen LogP contribution in [0.3, 0.4) is 0 Å². The first kappa shape index (κ1) is 17.3. The number of amides is 1. The third kappa shape index (κ3) is 3.33. The number of carbonyl (C=O) groups excluding carboxylic acids is 1. The molecule has 0 unspecified atom stereocenters. The van der Waals surface area contributed by atoms with Crippen LogP contribution in [0, 0.1) is 0 Å². The lowest BCUT2D eigenvalue weighted by atomic mass is 10.2. The summed E-state index contributed by atoms with van der Waals surface area (Å²) in [5.41, 5.74) is 0.886. The predicted molar refractivity (Wildman–Crippen MR) is 97.1 cm³/mol. The van der Waals surface area contributed by atoms with Crippen molar-refractivity contribution < 1.29 is 18.3 Å². The Hall–Kier alpha value is -2.51. The van der Waals surface area contributed by atoms with Gasteiger partial charge in [0.2, 0.25) is 0 Å². The Labute approximate surface area is 149 Å². The fourth-order valence-electron chi connectivity index (χ4n) is 2.41. The van der Waals surface area contributed by atoms with Crippen LogP contribution in [0.25, 0.3) is 10.9 Å². The van der Waals surface area contributed by atoms with Crippen molar-refractivity contribution >= 4 is 43.9 Å². The van der Waals surface area contributed by atoms with Gasteiger partial charge in [0.05, 0.1) is 26.9 Å². The Kier molecular flexibility index (Phi) is 4.45. The van der Waals surface area contributed by atoms with E-state index in [1.54, 1.807) is 24.3 Å². The number of benzene rings is 2. The zero-order valence-corrected chi connectivity index (χ0v) is 14.8. The van der Waals surface area contributed by atoms with Crippen LogP contribution in [0.2, 0.25) is 5.02 Å². The molecule has 0 saturated heterocycles. The Balaban J connectivity index is 1.94. The van der Waals surface area contributed by atoms with Gasteiger partial charge in [-0.05, 0) is 30.3 Å². The van der Waals surface area contributed by atoms with Crippen molar-refractivity contribution in [3.8, 4) is 5.75 Å². The van der Waals surface area contributed by atoms with E-state index in [1.165, 1.54) is 25.1 Å². The van der Waals surface area contributed by atoms with Gasteiger partial charge in [0.1, 0.15) is 11.4 Å². The number of carbonyl (C=O) groups is 1. The fraction of sp³-hybridized carbons (Fsp3) is 0.118. The first-order valence-electron chi connectivity index (χ1n) is 7.46. The SMILES string of the molecule is CCS(=O)(=O)c1ccc(O)c(NC(=O)c2cc3cccc(Cl)c3[nH]2)c1. The average molecular weight is 379 g/mol. The van der Waals surface area contributed by atoms with Crippen LogP contribution in [0.4, 0.5) is 5.69 Å². The molecule has 2 aromatic carbocycles. The molecule has 3 aromatic rings. The molecule has 8 heteroatoms. The summed E-state index contributed by atoms with van der Waals surface area (Å²) in [4.78, 5) is 15.4. The van der Waals surface area contributed by atoms with E-state index in [2.05, 4.69) is 10.3 Å². The molecule has 0 aliphatic rings. The minimum Gasteiger partial charge on any atom is -0.506 e. The van der Waals surface area contributed by atoms with Gasteiger partial charge in [-0.1, -0.05) is 30.7 Å². The Bertz CT molecular complexity index is 1070. The Morgan fingerprint density at radius 1 is 1.24 bits per heavy atom. The van der Waals surface area contributed by atoms with Crippen molar-refractivity contribution in [1.82, 2.24) is 4.98 Å². The lowest BCUT2D eigenvalue weighted by Gasteiger charge is -2.09. The topological polar surface area (TPSA) is 99.3 Å². The van der Waals surface area contributed by atoms with Crippen molar-refractivity contribution in [1.29, 1.82) is 0 Å². The number of fused-ring (bicyclic) bond motifs is 1. The maximum Gasteiger partial charge on any atom is 0.272 e. The lowest BCUT2D eigenvalue weighted by Crippen LogP contribution is -2.13. The number of para-hydroxylation sites is 1. The minimum atomic E-state index is -3.45. The number of H-pyrrole nitrogens is 1. The molecule has 1 heterocycles. The number of halogens is 1. The molecular weight excluding hydrogens is 364 g/mol. The quantitative estimate of drug-likeness (QED) is 0.604. The second-order valence-corrected chi connectivity index (χ2v) is 8.11. The van der Waals surface area contributed by atoms with E-state index in [4.69, 9.17) is 11.6 Å². The number of rotatable bonds is 4. The van der Waals surface area contributed by atoms with Gasteiger partial charge in [-0.15, -0.1) is 0 Å². The number of sulfone groups is 1. The van der Waals surface area contributed by atoms with Gasteiger partial charge in [-0.25, -0.2) is 8.42 Å². The van der Waals surface area contributed by atoms with Crippen molar-refractivity contribution in [2.75, 3.05) is 11.1 Å². The van der Waals surface area contributed by atoms with E-state index < -0.39 is 15.7 Å². The summed E-state index contributed by atoms with van der Waals surface area (Å²) < 4.78 is 23.9. The molecule has 0 fully saturated rings. The first-order valence-corrected chi connectivity index (χ1v) is 9.49. The zero-order valence-electron chi connectivity index (χ0n) is 13.2. The molecule has 0 radical (unpaired) electrons. The number of nitrogens with one attached hydrogen (secondary N) is 2. The van der Waals surface area contributed by atoms with Gasteiger partial charge < -0.3 is 15.4 Å². The first-order chi connectivity index (χ1) is 11.8. The van der Waals surface area contributed by atoms with Crippen LogP contribution in [-0.4, -0.2) is 30.2 Å². The van der Waals surface area contributed by atoms with Crippen molar-refractivity contribution in [3.63, 3.8) is 0 Å². The van der Waals surface area contributed by atoms with Crippen LogP contribution < -0.4 is 5.32 Å². The normalized spacial score (nSPS) is 11.6. The van der Waals surface area contributed by atoms with Crippen molar-refractivity contribution in [2.45, 2.75) is 11.8 Å². The van der Waals surface area contributed by atoms with Crippen LogP contribution >= 0.6 is 11.6 Å². The second-order valence-electron chi connectivity index (χ2n) is 5.42. The average Bonchev–Trinajstić information content (AvgIpc) is 3.02. The van der Waals surface area contributed by atoms with Gasteiger partial charge in [0.15, 0.2) is 9.84 Å². The van der Waals surface area contributed by atoms with Gasteiger partial charge in [0, 0.05) is 5.39 Å². The van der Waals surface area contributed by atoms with E-state index in [-0.39, 0.29) is 27.8 Å². The summed E-state index contributed by atoms with van der Waals surface area (Å²) in [6.07, 6.45) is 0. The third-order valence-electron chi connectivity index (χ3n) is 3.81. The third-order valence-corrected chi connectivity index (χ3v) is 5.85. The summed E-state index contributed by atoms with van der Waals surface area (Å²) in [7, 11) is -3.45. The van der Waals surface area contributed by atoms with Crippen LogP contribution in [0.1, 0.15) is 17.4 Å². The predicted octanol–water partition coefficient (Wildman–Crippen LogP) is 3.57. The molecule has 1 amide bonds. The Morgan fingerprint density at radius 2 is 2.00 bits per heavy atom. The molecule has 25 heavy (non-hydrogen) atoms. The lowest BCUT2D eigenvalue weighted by molar-refractivity contribution is 0.102. The number of hydrogen-bond acceptors (Lipinski definition) is 4. The minimum absolute atomic E-state index is 0.0179. The molecule has 6 nitrogen and oxygen atoms in total. The monoisotopic (exact) mass is 378 g/mol. The highest BCUT2D eigenvalue weighted by Crippen LogP contribution is 2.28. The molecule has 130 valence electrons. The molecule has 0 aliphatic carbocycles. The summed E-state index contributed by atoms with van der Waals surface area (Å²) in [5, 5.41) is 13.7. The summed E-state index contributed by atoms with van der Waals surface area (Å²) in [6, 6.07) is 10.7. The molecule has 3 N–H and O–H groups in total. The standard InChI is InChI=1S/C17H15ClN2O4S/c1-2-25(23,24)11-6-7-15(21)13(9-11)20-17(22)14-8-10-4-3-5-12(18)16(10)19-14/h3-9,19,21H,2H2,1H3,(H,20,22). The van der Waals surface area contributed by atoms with Gasteiger partial charge in [0.25, 0.3) is 5.91 Å². The van der Waals surface area contributed by atoms with Gasteiger partial charge in [-0.2, -0.15) is 0 Å². The largest absolute Gasteiger partial charge is 0.506 e. The molecule has 0 spiro atoms. The maximum absolute atomic E-state index is 12.4. The van der Waals surface area contributed by atoms with Crippen molar-refractivity contribution in [2.24, 2.45) is 0 Å². The molecule has 0 saturated carbocycles. The van der Waals surface area contributed by atoms with Crippen LogP contribution in [0.15, 0.2) is 47.4 Å². The number of anilines is 1. The van der Waals surface area contributed by atoms with Gasteiger partial charge >= 0.3 is 0 Å². The van der Waals surface area contributed by atoms with E-state index in [9.17, 15) is 18.3 Å². The zero-order chi connectivity index (χ0) is 18.2. The summed E-state index contributed by atoms with van der Waals surface area (Å²) >= 11 is 6.08.